The Bertz CT molecular complexity index is 945. The van der Waals surface area contributed by atoms with Crippen LogP contribution in [-0.2, 0) is 4.79 Å². The molecule has 4 rings (SSSR count). The predicted molar refractivity (Wildman–Crippen MR) is 116 cm³/mol. The van der Waals surface area contributed by atoms with Gasteiger partial charge in [0.05, 0.1) is 5.92 Å². The Labute approximate surface area is 167 Å². The Balaban J connectivity index is 1.77. The molecule has 1 unspecified atom stereocenters. The summed E-state index contributed by atoms with van der Waals surface area (Å²) < 4.78 is 0. The van der Waals surface area contributed by atoms with E-state index in [4.69, 9.17) is 5.73 Å². The van der Waals surface area contributed by atoms with Crippen molar-refractivity contribution in [2.75, 3.05) is 19.6 Å². The van der Waals surface area contributed by atoms with Crippen LogP contribution in [0.2, 0.25) is 0 Å². The highest BCUT2D eigenvalue weighted by Crippen LogP contribution is 2.37. The van der Waals surface area contributed by atoms with E-state index in [2.05, 4.69) is 41.3 Å². The Kier molecular flexibility index (Phi) is 5.73. The molecule has 1 aliphatic rings. The number of hydrogen-bond acceptors (Lipinski definition) is 2. The molecule has 28 heavy (non-hydrogen) atoms. The Morgan fingerprint density at radius 2 is 1.61 bits per heavy atom. The van der Waals surface area contributed by atoms with Gasteiger partial charge in [-0.3, -0.25) is 4.79 Å². The molecule has 3 aromatic rings. The smallest absolute Gasteiger partial charge is 0.225 e. The highest BCUT2D eigenvalue weighted by atomic mass is 16.1. The number of likely N-dealkylation sites (tertiary alicyclic amines) is 1. The second kappa shape index (κ2) is 8.57. The predicted octanol–water partition coefficient (Wildman–Crippen LogP) is 4.95. The van der Waals surface area contributed by atoms with E-state index in [0.29, 0.717) is 0 Å². The molecule has 0 spiro atoms. The maximum Gasteiger partial charge on any atom is 0.225 e. The lowest BCUT2D eigenvalue weighted by atomic mass is 9.84. The highest BCUT2D eigenvalue weighted by Gasteiger charge is 2.25. The number of piperidine rings is 1. The lowest BCUT2D eigenvalue weighted by molar-refractivity contribution is -0.119. The van der Waals surface area contributed by atoms with Gasteiger partial charge >= 0.3 is 0 Å². The summed E-state index contributed by atoms with van der Waals surface area (Å²) in [7, 11) is 0. The van der Waals surface area contributed by atoms with Crippen molar-refractivity contribution < 1.29 is 4.79 Å². The van der Waals surface area contributed by atoms with Crippen LogP contribution in [0.4, 0.5) is 0 Å². The molecule has 2 N–H and O–H groups in total. The number of primary amides is 1. The van der Waals surface area contributed by atoms with E-state index < -0.39 is 0 Å². The van der Waals surface area contributed by atoms with E-state index in [9.17, 15) is 4.79 Å². The third-order valence-electron chi connectivity index (χ3n) is 5.93. The minimum Gasteiger partial charge on any atom is -0.369 e. The zero-order valence-corrected chi connectivity index (χ0v) is 16.3. The van der Waals surface area contributed by atoms with Crippen LogP contribution in [-0.4, -0.2) is 30.4 Å². The zero-order chi connectivity index (χ0) is 19.3. The summed E-state index contributed by atoms with van der Waals surface area (Å²) in [6.45, 7) is 3.18. The van der Waals surface area contributed by atoms with Crippen molar-refractivity contribution in [3.05, 3.63) is 72.3 Å². The molecule has 1 aliphatic heterocycles. The van der Waals surface area contributed by atoms with Gasteiger partial charge in [-0.15, -0.1) is 0 Å². The van der Waals surface area contributed by atoms with Crippen molar-refractivity contribution in [2.24, 2.45) is 5.73 Å². The lowest BCUT2D eigenvalue weighted by Gasteiger charge is -2.28. The number of hydrogen-bond donors (Lipinski definition) is 1. The van der Waals surface area contributed by atoms with Gasteiger partial charge in [-0.25, -0.2) is 0 Å². The maximum absolute atomic E-state index is 12.6. The number of carbonyl (C=O) groups excluding carboxylic acids is 1. The van der Waals surface area contributed by atoms with E-state index in [1.165, 1.54) is 19.3 Å². The van der Waals surface area contributed by atoms with Crippen molar-refractivity contribution in [1.82, 2.24) is 4.90 Å². The maximum atomic E-state index is 12.6. The molecule has 144 valence electrons. The third-order valence-corrected chi connectivity index (χ3v) is 5.93. The number of rotatable bonds is 6. The fraction of sp³-hybridized carbons (Fsp3) is 0.320. The first kappa shape index (κ1) is 18.7. The average molecular weight is 373 g/mol. The Morgan fingerprint density at radius 3 is 2.36 bits per heavy atom. The quantitative estimate of drug-likeness (QED) is 0.665. The fourth-order valence-corrected chi connectivity index (χ4v) is 4.46. The topological polar surface area (TPSA) is 46.3 Å². The number of carbonyl (C=O) groups is 1. The molecule has 1 heterocycles. The molecule has 1 amide bonds. The highest BCUT2D eigenvalue weighted by molar-refractivity contribution is 5.97. The summed E-state index contributed by atoms with van der Waals surface area (Å²) in [5.74, 6) is -0.520. The van der Waals surface area contributed by atoms with Crippen LogP contribution in [0.5, 0.6) is 0 Å². The largest absolute Gasteiger partial charge is 0.369 e. The summed E-state index contributed by atoms with van der Waals surface area (Å²) in [6.07, 6.45) is 4.59. The average Bonchev–Trinajstić information content (AvgIpc) is 2.75. The third kappa shape index (κ3) is 3.95. The summed E-state index contributed by atoms with van der Waals surface area (Å²) in [5.41, 5.74) is 9.29. The molecular formula is C25H28N2O. The van der Waals surface area contributed by atoms with Crippen LogP contribution in [0.3, 0.4) is 0 Å². The van der Waals surface area contributed by atoms with Crippen molar-refractivity contribution in [2.45, 2.75) is 31.6 Å². The van der Waals surface area contributed by atoms with E-state index >= 15 is 0 Å². The number of amides is 1. The second-order valence-corrected chi connectivity index (χ2v) is 7.76. The van der Waals surface area contributed by atoms with Crippen LogP contribution in [0.15, 0.2) is 66.7 Å². The Morgan fingerprint density at radius 1 is 0.893 bits per heavy atom. The van der Waals surface area contributed by atoms with Gasteiger partial charge in [0.25, 0.3) is 0 Å². The van der Waals surface area contributed by atoms with Gasteiger partial charge in [-0.2, -0.15) is 0 Å². The SMILES string of the molecule is NC(=O)C(CCN1CCCCC1)c1c(-c2ccccc2)ccc2ccccc12. The molecular weight excluding hydrogens is 344 g/mol. The van der Waals surface area contributed by atoms with Crippen molar-refractivity contribution >= 4 is 16.7 Å². The van der Waals surface area contributed by atoms with Crippen molar-refractivity contribution in [3.8, 4) is 11.1 Å². The molecule has 0 aliphatic carbocycles. The van der Waals surface area contributed by atoms with Crippen LogP contribution in [0, 0.1) is 0 Å². The normalized spacial score (nSPS) is 16.1. The molecule has 0 radical (unpaired) electrons. The van der Waals surface area contributed by atoms with Gasteiger partial charge in [0, 0.05) is 0 Å². The zero-order valence-electron chi connectivity index (χ0n) is 16.3. The van der Waals surface area contributed by atoms with Gasteiger partial charge in [-0.1, -0.05) is 73.2 Å². The van der Waals surface area contributed by atoms with Crippen LogP contribution in [0.1, 0.15) is 37.2 Å². The molecule has 0 bridgehead atoms. The number of benzene rings is 3. The van der Waals surface area contributed by atoms with Crippen molar-refractivity contribution in [3.63, 3.8) is 0 Å². The standard InChI is InChI=1S/C25H28N2O/c26-25(28)23(15-18-27-16-7-2-8-17-27)24-21-12-6-5-11-20(21)13-14-22(24)19-9-3-1-4-10-19/h1,3-6,9-14,23H,2,7-8,15-18H2,(H2,26,28). The van der Waals surface area contributed by atoms with Gasteiger partial charge in [-0.05, 0) is 66.4 Å². The van der Waals surface area contributed by atoms with Crippen LogP contribution in [0.25, 0.3) is 21.9 Å². The van der Waals surface area contributed by atoms with E-state index in [0.717, 1.165) is 53.5 Å². The summed E-state index contributed by atoms with van der Waals surface area (Å²) in [5, 5.41) is 2.28. The molecule has 1 fully saturated rings. The molecule has 0 aromatic heterocycles. The first-order valence-electron chi connectivity index (χ1n) is 10.3. The van der Waals surface area contributed by atoms with Gasteiger partial charge in [0.1, 0.15) is 0 Å². The summed E-state index contributed by atoms with van der Waals surface area (Å²) in [6, 6.07) is 22.9. The minimum absolute atomic E-state index is 0.231. The molecule has 3 heteroatoms. The molecule has 3 nitrogen and oxygen atoms in total. The van der Waals surface area contributed by atoms with Crippen molar-refractivity contribution in [1.29, 1.82) is 0 Å². The number of fused-ring (bicyclic) bond motifs is 1. The first-order chi connectivity index (χ1) is 13.7. The molecule has 3 aromatic carbocycles. The van der Waals surface area contributed by atoms with E-state index in [1.807, 2.05) is 30.3 Å². The molecule has 0 saturated carbocycles. The van der Waals surface area contributed by atoms with Gasteiger partial charge < -0.3 is 10.6 Å². The Hall–Kier alpha value is -2.65. The van der Waals surface area contributed by atoms with Crippen LogP contribution < -0.4 is 5.73 Å². The lowest BCUT2D eigenvalue weighted by Crippen LogP contribution is -2.33. The van der Waals surface area contributed by atoms with Crippen LogP contribution >= 0.6 is 0 Å². The van der Waals surface area contributed by atoms with E-state index in [-0.39, 0.29) is 11.8 Å². The van der Waals surface area contributed by atoms with E-state index in [1.54, 1.807) is 0 Å². The monoisotopic (exact) mass is 372 g/mol. The second-order valence-electron chi connectivity index (χ2n) is 7.76. The summed E-state index contributed by atoms with van der Waals surface area (Å²) in [4.78, 5) is 15.1. The fourth-order valence-electron chi connectivity index (χ4n) is 4.46. The molecule has 1 saturated heterocycles. The van der Waals surface area contributed by atoms with Gasteiger partial charge in [0.2, 0.25) is 5.91 Å². The minimum atomic E-state index is -0.289. The number of nitrogens with two attached hydrogens (primary N) is 1. The first-order valence-corrected chi connectivity index (χ1v) is 10.3. The number of nitrogens with zero attached hydrogens (tertiary/aromatic N) is 1. The molecule has 1 atom stereocenters. The summed E-state index contributed by atoms with van der Waals surface area (Å²) >= 11 is 0. The van der Waals surface area contributed by atoms with Gasteiger partial charge in [0.15, 0.2) is 0 Å².